The quantitative estimate of drug-likeness (QED) is 0.0247. The number of esters is 1. The number of aliphatic hydroxyl groups excluding tert-OH is 2. The molecule has 0 spiro atoms. The van der Waals surface area contributed by atoms with Gasteiger partial charge in [-0.15, -0.1) is 0 Å². The zero-order chi connectivity index (χ0) is 42.4. The Hall–Kier alpha value is -2.96. The van der Waals surface area contributed by atoms with Crippen LogP contribution in [0.1, 0.15) is 207 Å². The molecule has 332 valence electrons. The lowest BCUT2D eigenvalue weighted by Crippen LogP contribution is -2.46. The molecule has 0 aromatic rings. The molecule has 0 aromatic carbocycles. The molecule has 6 heteroatoms. The van der Waals surface area contributed by atoms with Gasteiger partial charge in [-0.1, -0.05) is 202 Å². The van der Waals surface area contributed by atoms with E-state index >= 15 is 0 Å². The standard InChI is InChI=1S/C52H89NO5/c1-4-7-10-13-16-19-21-23-25-26-28-30-33-36-39-42-45-52(57)58-48(43-40-37-34-32-29-27-24-22-20-17-14-11-8-5-2)46-51(56)53-49(47-54)50(55)44-41-38-35-31-18-15-12-9-6-3/h7,10,16,19,23,25,27-30,32,34,36,39,48-50,54-55H,4-6,8-9,11-15,17-18,20-22,24,26,31,33,35,37-38,40-47H2,1-3H3,(H,53,56)/b10-7+,19-16+,25-23+,29-27+,30-28+,34-32+,39-36+. The summed E-state index contributed by atoms with van der Waals surface area (Å²) in [6.45, 7) is 6.29. The summed E-state index contributed by atoms with van der Waals surface area (Å²) in [7, 11) is 0. The number of nitrogens with one attached hydrogen (secondary N) is 1. The van der Waals surface area contributed by atoms with Gasteiger partial charge < -0.3 is 20.3 Å². The lowest BCUT2D eigenvalue weighted by atomic mass is 10.0. The molecule has 0 aliphatic heterocycles. The van der Waals surface area contributed by atoms with Crippen LogP contribution in [-0.2, 0) is 14.3 Å². The van der Waals surface area contributed by atoms with Gasteiger partial charge in [0.2, 0.25) is 5.91 Å². The number of carbonyl (C=O) groups is 2. The Morgan fingerprint density at radius 3 is 1.52 bits per heavy atom. The minimum atomic E-state index is -0.813. The van der Waals surface area contributed by atoms with E-state index in [1.54, 1.807) is 0 Å². The maximum atomic E-state index is 13.1. The number of allylic oxidation sites excluding steroid dienone is 14. The van der Waals surface area contributed by atoms with Gasteiger partial charge in [0.1, 0.15) is 6.10 Å². The summed E-state index contributed by atoms with van der Waals surface area (Å²) in [6.07, 6.45) is 58.0. The van der Waals surface area contributed by atoms with E-state index in [2.05, 4.69) is 105 Å². The molecule has 0 saturated carbocycles. The van der Waals surface area contributed by atoms with Crippen molar-refractivity contribution in [3.63, 3.8) is 0 Å². The maximum absolute atomic E-state index is 13.1. The maximum Gasteiger partial charge on any atom is 0.306 e. The third kappa shape index (κ3) is 39.8. The minimum Gasteiger partial charge on any atom is -0.462 e. The Kier molecular flexibility index (Phi) is 42.8. The van der Waals surface area contributed by atoms with Crippen molar-refractivity contribution in [3.05, 3.63) is 85.1 Å². The Labute approximate surface area is 357 Å². The SMILES string of the molecule is CC/C=C/C/C=C/C/C=C/C/C=C/C/C=C/CCC(=O)OC(CCC/C=C/C=C/CCCCCCCCC)CC(=O)NC(CO)C(O)CCCCCCCCCCC. The van der Waals surface area contributed by atoms with E-state index < -0.39 is 18.2 Å². The summed E-state index contributed by atoms with van der Waals surface area (Å²) in [5.41, 5.74) is 0. The predicted molar refractivity (Wildman–Crippen MR) is 250 cm³/mol. The summed E-state index contributed by atoms with van der Waals surface area (Å²) in [5, 5.41) is 23.6. The third-order valence-corrected chi connectivity index (χ3v) is 10.2. The van der Waals surface area contributed by atoms with E-state index in [1.165, 1.54) is 83.5 Å². The van der Waals surface area contributed by atoms with Crippen molar-refractivity contribution >= 4 is 11.9 Å². The molecular formula is C52H89NO5. The van der Waals surface area contributed by atoms with Crippen LogP contribution in [0.3, 0.4) is 0 Å². The number of unbranched alkanes of at least 4 members (excludes halogenated alkanes) is 16. The first-order chi connectivity index (χ1) is 28.5. The van der Waals surface area contributed by atoms with Gasteiger partial charge in [0.05, 0.1) is 25.2 Å². The summed E-state index contributed by atoms with van der Waals surface area (Å²) in [5.74, 6) is -0.629. The first-order valence-electron chi connectivity index (χ1n) is 23.8. The minimum absolute atomic E-state index is 0.0106. The van der Waals surface area contributed by atoms with Crippen LogP contribution in [0.25, 0.3) is 0 Å². The molecule has 6 nitrogen and oxygen atoms in total. The van der Waals surface area contributed by atoms with Crippen molar-refractivity contribution in [1.82, 2.24) is 5.32 Å². The molecule has 0 saturated heterocycles. The van der Waals surface area contributed by atoms with Crippen molar-refractivity contribution in [2.75, 3.05) is 6.61 Å². The van der Waals surface area contributed by atoms with E-state index in [-0.39, 0.29) is 31.3 Å². The molecule has 58 heavy (non-hydrogen) atoms. The van der Waals surface area contributed by atoms with Crippen LogP contribution in [0, 0.1) is 0 Å². The van der Waals surface area contributed by atoms with Gasteiger partial charge >= 0.3 is 5.97 Å². The van der Waals surface area contributed by atoms with Crippen molar-refractivity contribution < 1.29 is 24.5 Å². The molecule has 3 atom stereocenters. The largest absolute Gasteiger partial charge is 0.462 e. The summed E-state index contributed by atoms with van der Waals surface area (Å²) >= 11 is 0. The van der Waals surface area contributed by atoms with E-state index in [9.17, 15) is 19.8 Å². The number of rotatable bonds is 41. The first-order valence-corrected chi connectivity index (χ1v) is 23.8. The van der Waals surface area contributed by atoms with Crippen molar-refractivity contribution in [3.8, 4) is 0 Å². The van der Waals surface area contributed by atoms with Crippen molar-refractivity contribution in [2.45, 2.75) is 225 Å². The normalized spacial score (nSPS) is 14.1. The Bertz CT molecular complexity index is 1130. The second-order valence-electron chi connectivity index (χ2n) is 15.8. The monoisotopic (exact) mass is 808 g/mol. The lowest BCUT2D eigenvalue weighted by Gasteiger charge is -2.24. The molecule has 0 aliphatic carbocycles. The van der Waals surface area contributed by atoms with Crippen LogP contribution in [0.15, 0.2) is 85.1 Å². The second kappa shape index (κ2) is 45.1. The number of hydrogen-bond donors (Lipinski definition) is 3. The van der Waals surface area contributed by atoms with Crippen LogP contribution in [0.5, 0.6) is 0 Å². The highest BCUT2D eigenvalue weighted by Gasteiger charge is 2.23. The molecule has 0 rings (SSSR count). The Morgan fingerprint density at radius 2 is 1.00 bits per heavy atom. The molecule has 0 radical (unpaired) electrons. The van der Waals surface area contributed by atoms with Crippen LogP contribution < -0.4 is 5.32 Å². The number of carbonyl (C=O) groups excluding carboxylic acids is 2. The highest BCUT2D eigenvalue weighted by Crippen LogP contribution is 2.15. The fourth-order valence-corrected chi connectivity index (χ4v) is 6.65. The van der Waals surface area contributed by atoms with Crippen molar-refractivity contribution in [2.24, 2.45) is 0 Å². The third-order valence-electron chi connectivity index (χ3n) is 10.2. The van der Waals surface area contributed by atoms with Gasteiger partial charge in [-0.25, -0.2) is 0 Å². The highest BCUT2D eigenvalue weighted by atomic mass is 16.5. The molecule has 1 amide bonds. The average molecular weight is 808 g/mol. The smallest absolute Gasteiger partial charge is 0.306 e. The molecule has 0 fully saturated rings. The van der Waals surface area contributed by atoms with Crippen LogP contribution >= 0.6 is 0 Å². The van der Waals surface area contributed by atoms with Gasteiger partial charge in [0, 0.05) is 6.42 Å². The topological polar surface area (TPSA) is 95.9 Å². The van der Waals surface area contributed by atoms with Gasteiger partial charge in [0.15, 0.2) is 0 Å². The zero-order valence-electron chi connectivity index (χ0n) is 37.6. The van der Waals surface area contributed by atoms with E-state index in [0.29, 0.717) is 19.3 Å². The molecule has 0 heterocycles. The molecule has 0 aromatic heterocycles. The van der Waals surface area contributed by atoms with Crippen LogP contribution in [0.2, 0.25) is 0 Å². The van der Waals surface area contributed by atoms with E-state index in [0.717, 1.165) is 70.6 Å². The zero-order valence-corrected chi connectivity index (χ0v) is 37.6. The number of ether oxygens (including phenoxy) is 1. The van der Waals surface area contributed by atoms with Gasteiger partial charge in [-0.05, 0) is 77.0 Å². The summed E-state index contributed by atoms with van der Waals surface area (Å²) in [4.78, 5) is 26.0. The summed E-state index contributed by atoms with van der Waals surface area (Å²) < 4.78 is 5.84. The average Bonchev–Trinajstić information content (AvgIpc) is 3.22. The second-order valence-corrected chi connectivity index (χ2v) is 15.8. The fourth-order valence-electron chi connectivity index (χ4n) is 6.65. The lowest BCUT2D eigenvalue weighted by molar-refractivity contribution is -0.150. The number of aliphatic hydroxyl groups is 2. The summed E-state index contributed by atoms with van der Waals surface area (Å²) in [6, 6.07) is -0.732. The number of hydrogen-bond acceptors (Lipinski definition) is 5. The molecule has 3 N–H and O–H groups in total. The van der Waals surface area contributed by atoms with Gasteiger partial charge in [-0.3, -0.25) is 9.59 Å². The van der Waals surface area contributed by atoms with E-state index in [4.69, 9.17) is 4.74 Å². The molecular weight excluding hydrogens is 719 g/mol. The van der Waals surface area contributed by atoms with E-state index in [1.807, 2.05) is 6.08 Å². The number of amides is 1. The Morgan fingerprint density at radius 1 is 0.534 bits per heavy atom. The predicted octanol–water partition coefficient (Wildman–Crippen LogP) is 14.0. The fraction of sp³-hybridized carbons (Fsp3) is 0.692. The van der Waals surface area contributed by atoms with Gasteiger partial charge in [0.25, 0.3) is 0 Å². The van der Waals surface area contributed by atoms with Crippen LogP contribution in [-0.4, -0.2) is 46.9 Å². The molecule has 3 unspecified atom stereocenters. The Balaban J connectivity index is 4.80. The van der Waals surface area contributed by atoms with Crippen molar-refractivity contribution in [1.29, 1.82) is 0 Å². The molecule has 0 bridgehead atoms. The highest BCUT2D eigenvalue weighted by molar-refractivity contribution is 5.77. The molecule has 0 aliphatic rings. The first kappa shape index (κ1) is 55.0. The van der Waals surface area contributed by atoms with Crippen LogP contribution in [0.4, 0.5) is 0 Å². The van der Waals surface area contributed by atoms with Gasteiger partial charge in [-0.2, -0.15) is 0 Å².